The van der Waals surface area contributed by atoms with Crippen LogP contribution < -0.4 is 5.73 Å². The van der Waals surface area contributed by atoms with E-state index in [4.69, 9.17) is 10.5 Å². The second-order valence-corrected chi connectivity index (χ2v) is 5.70. The van der Waals surface area contributed by atoms with E-state index in [0.29, 0.717) is 5.41 Å². The van der Waals surface area contributed by atoms with Crippen molar-refractivity contribution in [3.63, 3.8) is 0 Å². The van der Waals surface area contributed by atoms with Crippen molar-refractivity contribution in [1.82, 2.24) is 4.90 Å². The van der Waals surface area contributed by atoms with Gasteiger partial charge < -0.3 is 15.4 Å². The molecule has 4 nitrogen and oxygen atoms in total. The summed E-state index contributed by atoms with van der Waals surface area (Å²) in [4.78, 5) is 6.93. The minimum absolute atomic E-state index is 0.218. The number of likely N-dealkylation sites (N-methyl/N-ethyl adjacent to an activating group) is 1. The molecule has 0 bridgehead atoms. The van der Waals surface area contributed by atoms with Gasteiger partial charge in [-0.05, 0) is 38.0 Å². The van der Waals surface area contributed by atoms with Crippen LogP contribution in [0.15, 0.2) is 4.99 Å². The Bertz CT molecular complexity index is 336. The van der Waals surface area contributed by atoms with Gasteiger partial charge in [-0.25, -0.2) is 0 Å². The van der Waals surface area contributed by atoms with Crippen molar-refractivity contribution < 1.29 is 4.74 Å². The molecule has 2 heterocycles. The van der Waals surface area contributed by atoms with Crippen LogP contribution in [-0.4, -0.2) is 42.7 Å². The monoisotopic (exact) mass is 237 g/mol. The van der Waals surface area contributed by atoms with Gasteiger partial charge in [0.2, 0.25) is 0 Å². The maximum Gasteiger partial charge on any atom is 0.191 e. The molecule has 3 rings (SSSR count). The normalized spacial score (nSPS) is 35.8. The first-order valence-electron chi connectivity index (χ1n) is 6.89. The molecule has 4 heteroatoms. The van der Waals surface area contributed by atoms with Gasteiger partial charge in [-0.2, -0.15) is 0 Å². The number of fused-ring (bicyclic) bond motifs is 1. The zero-order chi connectivity index (χ0) is 11.9. The Morgan fingerprint density at radius 2 is 2.06 bits per heavy atom. The lowest BCUT2D eigenvalue weighted by molar-refractivity contribution is -0.0476. The number of aliphatic imine (C=N–C) groups is 1. The minimum atomic E-state index is 0.218. The molecular weight excluding hydrogens is 214 g/mol. The summed E-state index contributed by atoms with van der Waals surface area (Å²) in [5, 5.41) is 0. The fraction of sp³-hybridized carbons (Fsp3) is 0.923. The Kier molecular flexibility index (Phi) is 2.58. The molecule has 1 saturated carbocycles. The molecule has 2 N–H and O–H groups in total. The lowest BCUT2D eigenvalue weighted by Crippen LogP contribution is -2.60. The smallest absolute Gasteiger partial charge is 0.191 e. The zero-order valence-electron chi connectivity index (χ0n) is 10.7. The molecule has 17 heavy (non-hydrogen) atoms. The number of hydrogen-bond donors (Lipinski definition) is 1. The van der Waals surface area contributed by atoms with E-state index in [0.717, 1.165) is 32.3 Å². The number of rotatable bonds is 1. The van der Waals surface area contributed by atoms with Gasteiger partial charge in [-0.3, -0.25) is 4.99 Å². The van der Waals surface area contributed by atoms with Crippen LogP contribution in [0, 0.1) is 5.41 Å². The Morgan fingerprint density at radius 1 is 1.29 bits per heavy atom. The first kappa shape index (κ1) is 11.3. The summed E-state index contributed by atoms with van der Waals surface area (Å²) in [6.45, 7) is 5.92. The van der Waals surface area contributed by atoms with E-state index in [1.165, 1.54) is 32.1 Å². The largest absolute Gasteiger partial charge is 0.381 e. The van der Waals surface area contributed by atoms with Crippen LogP contribution in [0.25, 0.3) is 0 Å². The van der Waals surface area contributed by atoms with Crippen LogP contribution in [-0.2, 0) is 4.74 Å². The van der Waals surface area contributed by atoms with E-state index >= 15 is 0 Å². The maximum absolute atomic E-state index is 6.08. The highest BCUT2D eigenvalue weighted by molar-refractivity contribution is 5.81. The standard InChI is InChI=1S/C13H23N3O/c1-2-16-11(14)15-10-13(16)5-3-4-12(13)6-8-17-9-7-12/h2-10H2,1H3,(H2,14,15). The molecule has 2 spiro atoms. The fourth-order valence-corrected chi connectivity index (χ4v) is 4.43. The van der Waals surface area contributed by atoms with Crippen LogP contribution in [0.2, 0.25) is 0 Å². The summed E-state index contributed by atoms with van der Waals surface area (Å²) < 4.78 is 5.57. The average molecular weight is 237 g/mol. The molecule has 0 aromatic carbocycles. The quantitative estimate of drug-likeness (QED) is 0.749. The second-order valence-electron chi connectivity index (χ2n) is 5.70. The maximum atomic E-state index is 6.08. The van der Waals surface area contributed by atoms with E-state index in [2.05, 4.69) is 16.8 Å². The summed E-state index contributed by atoms with van der Waals surface area (Å²) in [6.07, 6.45) is 6.28. The van der Waals surface area contributed by atoms with Crippen LogP contribution in [0.3, 0.4) is 0 Å². The summed E-state index contributed by atoms with van der Waals surface area (Å²) >= 11 is 0. The highest BCUT2D eigenvalue weighted by Gasteiger charge is 2.59. The molecule has 0 aromatic heterocycles. The summed E-state index contributed by atoms with van der Waals surface area (Å²) in [6, 6.07) is 0. The van der Waals surface area contributed by atoms with Crippen molar-refractivity contribution in [2.45, 2.75) is 44.6 Å². The molecular formula is C13H23N3O. The van der Waals surface area contributed by atoms with Crippen molar-refractivity contribution in [3.05, 3.63) is 0 Å². The van der Waals surface area contributed by atoms with E-state index < -0.39 is 0 Å². The van der Waals surface area contributed by atoms with Gasteiger partial charge in [0.25, 0.3) is 0 Å². The minimum Gasteiger partial charge on any atom is -0.381 e. The van der Waals surface area contributed by atoms with Crippen LogP contribution in [0.4, 0.5) is 0 Å². The Balaban J connectivity index is 1.95. The highest BCUT2D eigenvalue weighted by atomic mass is 16.5. The van der Waals surface area contributed by atoms with Crippen molar-refractivity contribution in [2.75, 3.05) is 26.3 Å². The third kappa shape index (κ3) is 1.36. The zero-order valence-corrected chi connectivity index (χ0v) is 10.7. The van der Waals surface area contributed by atoms with E-state index in [1.54, 1.807) is 0 Å². The molecule has 96 valence electrons. The number of hydrogen-bond acceptors (Lipinski definition) is 4. The highest BCUT2D eigenvalue weighted by Crippen LogP contribution is 2.56. The predicted molar refractivity (Wildman–Crippen MR) is 67.9 cm³/mol. The second kappa shape index (κ2) is 3.87. The summed E-state index contributed by atoms with van der Waals surface area (Å²) in [7, 11) is 0. The Hall–Kier alpha value is -0.770. The molecule has 0 radical (unpaired) electrons. The lowest BCUT2D eigenvalue weighted by Gasteiger charge is -2.51. The topological polar surface area (TPSA) is 50.8 Å². The van der Waals surface area contributed by atoms with Gasteiger partial charge in [-0.1, -0.05) is 6.42 Å². The van der Waals surface area contributed by atoms with Gasteiger partial charge in [0.1, 0.15) is 0 Å². The van der Waals surface area contributed by atoms with Crippen molar-refractivity contribution in [3.8, 4) is 0 Å². The van der Waals surface area contributed by atoms with Gasteiger partial charge in [0.15, 0.2) is 5.96 Å². The van der Waals surface area contributed by atoms with E-state index in [9.17, 15) is 0 Å². The van der Waals surface area contributed by atoms with Crippen LogP contribution in [0.1, 0.15) is 39.0 Å². The number of nitrogens with two attached hydrogens (primary N) is 1. The fourth-order valence-electron chi connectivity index (χ4n) is 4.43. The molecule has 2 fully saturated rings. The third-order valence-corrected chi connectivity index (χ3v) is 5.29. The van der Waals surface area contributed by atoms with E-state index in [-0.39, 0.29) is 5.54 Å². The average Bonchev–Trinajstić information content (AvgIpc) is 2.85. The molecule has 1 unspecified atom stereocenters. The summed E-state index contributed by atoms with van der Waals surface area (Å²) in [5.41, 5.74) is 6.71. The van der Waals surface area contributed by atoms with Crippen LogP contribution in [0.5, 0.6) is 0 Å². The molecule has 1 atom stereocenters. The number of guanidine groups is 1. The van der Waals surface area contributed by atoms with Gasteiger partial charge in [0, 0.05) is 19.8 Å². The van der Waals surface area contributed by atoms with Crippen LogP contribution >= 0.6 is 0 Å². The summed E-state index contributed by atoms with van der Waals surface area (Å²) in [5.74, 6) is 0.764. The molecule has 1 aliphatic carbocycles. The SMILES string of the molecule is CCN1C(N)=NCC12CCCC21CCOCC1. The molecule has 2 aliphatic heterocycles. The number of ether oxygens (including phenoxy) is 1. The molecule has 3 aliphatic rings. The molecule has 0 aromatic rings. The molecule has 0 amide bonds. The van der Waals surface area contributed by atoms with E-state index in [1.807, 2.05) is 0 Å². The Morgan fingerprint density at radius 3 is 2.76 bits per heavy atom. The first-order chi connectivity index (χ1) is 8.24. The van der Waals surface area contributed by atoms with Gasteiger partial charge >= 0.3 is 0 Å². The van der Waals surface area contributed by atoms with Gasteiger partial charge in [0.05, 0.1) is 12.1 Å². The lowest BCUT2D eigenvalue weighted by atomic mass is 9.66. The molecule has 1 saturated heterocycles. The predicted octanol–water partition coefficient (Wildman–Crippen LogP) is 1.36. The number of nitrogens with zero attached hydrogens (tertiary/aromatic N) is 2. The van der Waals surface area contributed by atoms with Gasteiger partial charge in [-0.15, -0.1) is 0 Å². The Labute approximate surface area is 103 Å². The van der Waals surface area contributed by atoms with Crippen molar-refractivity contribution >= 4 is 5.96 Å². The van der Waals surface area contributed by atoms with Crippen molar-refractivity contribution in [1.29, 1.82) is 0 Å². The first-order valence-corrected chi connectivity index (χ1v) is 6.89. The van der Waals surface area contributed by atoms with Crippen molar-refractivity contribution in [2.24, 2.45) is 16.1 Å². The third-order valence-electron chi connectivity index (χ3n) is 5.29.